The smallest absolute Gasteiger partial charge is 0.460 e. The maximum absolute atomic E-state index is 12.8. The highest BCUT2D eigenvalue weighted by atomic mass is 19.4. The Morgan fingerprint density at radius 1 is 0.420 bits per heavy atom. The topological polar surface area (TPSA) is 177 Å². The number of benzene rings is 4. The van der Waals surface area contributed by atoms with Gasteiger partial charge in [0.15, 0.2) is 11.6 Å². The Balaban J connectivity index is 0.000000544. The maximum Gasteiger partial charge on any atom is 0.460 e. The Labute approximate surface area is 457 Å². The van der Waals surface area contributed by atoms with E-state index in [1.165, 1.54) is 84.8 Å². The van der Waals surface area contributed by atoms with Gasteiger partial charge in [-0.05, 0) is 41.8 Å². The second-order valence-corrected chi connectivity index (χ2v) is 17.8. The highest BCUT2D eigenvalue weighted by Gasteiger charge is 2.94. The Bertz CT molecular complexity index is 2510. The first-order valence-electron chi connectivity index (χ1n) is 24.8. The van der Waals surface area contributed by atoms with Crippen LogP contribution in [0, 0.1) is 0 Å². The van der Waals surface area contributed by atoms with Gasteiger partial charge >= 0.3 is 53.7 Å². The molecule has 0 aliphatic rings. The van der Waals surface area contributed by atoms with E-state index >= 15 is 0 Å². The summed E-state index contributed by atoms with van der Waals surface area (Å²) in [5.74, 6) is -52.5. The zero-order valence-corrected chi connectivity index (χ0v) is 44.2. The minimum atomic E-state index is -8.47. The number of ketones is 2. The molecular weight excluding hydrogens is 1120 g/mol. The molecule has 4 N–H and O–H groups in total. The average Bonchev–Trinajstić information content (AvgIpc) is 2.84. The number of carboxylic acids is 2. The van der Waals surface area contributed by atoms with Gasteiger partial charge in [-0.15, -0.1) is 0 Å². The minimum Gasteiger partial charge on any atom is -0.497 e. The number of Topliss-reactive ketones (excluding diaryl/α,β-unsaturated/α-hetero) is 2. The van der Waals surface area contributed by atoms with E-state index in [1.807, 2.05) is 12.1 Å². The zero-order valence-electron chi connectivity index (χ0n) is 44.2. The lowest BCUT2D eigenvalue weighted by molar-refractivity contribution is -0.450. The largest absolute Gasteiger partial charge is 0.497 e. The lowest BCUT2D eigenvalue weighted by Crippen LogP contribution is -2.73. The van der Waals surface area contributed by atoms with E-state index in [0.717, 1.165) is 12.8 Å². The van der Waals surface area contributed by atoms with Gasteiger partial charge in [0.1, 0.15) is 29.5 Å². The Morgan fingerprint density at radius 3 is 1.12 bits per heavy atom. The van der Waals surface area contributed by atoms with Crippen molar-refractivity contribution in [1.82, 2.24) is 0 Å². The van der Waals surface area contributed by atoms with Crippen LogP contribution in [-0.2, 0) is 9.59 Å². The molecule has 0 aliphatic carbocycles. The Morgan fingerprint density at radius 2 is 0.765 bits per heavy atom. The van der Waals surface area contributed by atoms with Crippen molar-refractivity contribution in [2.24, 2.45) is 0 Å². The molecule has 0 radical (unpaired) electrons. The number of hydrogen-bond acceptors (Lipinski definition) is 9. The van der Waals surface area contributed by atoms with E-state index in [0.29, 0.717) is 45.9 Å². The van der Waals surface area contributed by atoms with Crippen molar-refractivity contribution >= 4 is 23.5 Å². The molecule has 2 atom stereocenters. The van der Waals surface area contributed by atoms with Crippen molar-refractivity contribution in [1.29, 1.82) is 0 Å². The summed E-state index contributed by atoms with van der Waals surface area (Å²) in [5, 5.41) is 36.3. The van der Waals surface area contributed by atoms with Crippen molar-refractivity contribution in [2.75, 3.05) is 21.3 Å². The van der Waals surface area contributed by atoms with Crippen LogP contribution in [0.15, 0.2) is 103 Å². The van der Waals surface area contributed by atoms with Crippen LogP contribution in [0.4, 0.5) is 65.9 Å². The van der Waals surface area contributed by atoms with Gasteiger partial charge in [0.25, 0.3) is 0 Å². The van der Waals surface area contributed by atoms with Gasteiger partial charge in [0.05, 0.1) is 21.3 Å². The monoisotopic (exact) mass is 1180 g/mol. The molecule has 0 amide bonds. The number of carboxylic acid groups (broad SMARTS) is 2. The molecule has 454 valence electrons. The maximum atomic E-state index is 12.8. The SMILES string of the molecule is CCCCCCCCCCCCCCCC(=O)O.COc1cc(OC)cc(C(O)C(=O)c2ccccc2)c1.COc1cccc(C(O)C(=O)c2ccccc2)c1.O=C(O)C(F)(F)C(F)(F)C(F)(F)C(F)(F)C(F)(F)C(F)(F)C(F)(F)F. The molecule has 2 unspecified atom stereocenters. The summed E-state index contributed by atoms with van der Waals surface area (Å²) in [6, 6.07) is 29.2. The summed E-state index contributed by atoms with van der Waals surface area (Å²) < 4.78 is 202. The van der Waals surface area contributed by atoms with Crippen LogP contribution in [0.2, 0.25) is 0 Å². The summed E-state index contributed by atoms with van der Waals surface area (Å²) in [5.41, 5.74) is 1.92. The number of aliphatic hydroxyl groups is 2. The molecule has 0 saturated carbocycles. The van der Waals surface area contributed by atoms with Gasteiger partial charge in [-0.25, -0.2) is 4.79 Å². The predicted molar refractivity (Wildman–Crippen MR) is 265 cm³/mol. The van der Waals surface area contributed by atoms with Crippen LogP contribution in [0.1, 0.15) is 141 Å². The number of carbonyl (C=O) groups excluding carboxylic acids is 2. The van der Waals surface area contributed by atoms with Crippen LogP contribution in [0.3, 0.4) is 0 Å². The van der Waals surface area contributed by atoms with Gasteiger partial charge in [-0.2, -0.15) is 65.9 Å². The van der Waals surface area contributed by atoms with Crippen molar-refractivity contribution in [3.63, 3.8) is 0 Å². The molecule has 11 nitrogen and oxygen atoms in total. The number of aliphatic hydroxyl groups excluding tert-OH is 2. The number of hydrogen-bond donors (Lipinski definition) is 4. The number of rotatable bonds is 29. The fourth-order valence-electron chi connectivity index (χ4n) is 7.02. The molecular formula is C55H63F15O11. The average molecular weight is 1190 g/mol. The predicted octanol–water partition coefficient (Wildman–Crippen LogP) is 15.2. The zero-order chi connectivity index (χ0) is 62.0. The fraction of sp³-hybridized carbons (Fsp3) is 0.491. The molecule has 0 fully saturated rings. The van der Waals surface area contributed by atoms with E-state index in [4.69, 9.17) is 24.4 Å². The van der Waals surface area contributed by atoms with E-state index < -0.39 is 65.9 Å². The first kappa shape index (κ1) is 72.4. The fourth-order valence-corrected chi connectivity index (χ4v) is 7.02. The number of unbranched alkanes of at least 4 members (excludes halogenated alkanes) is 12. The van der Waals surface area contributed by atoms with Gasteiger partial charge < -0.3 is 34.6 Å². The number of carbonyl (C=O) groups is 4. The minimum absolute atomic E-state index is 0.316. The van der Waals surface area contributed by atoms with E-state index in [-0.39, 0.29) is 11.6 Å². The molecule has 0 saturated heterocycles. The van der Waals surface area contributed by atoms with Crippen LogP contribution in [-0.4, -0.2) is 107 Å². The number of aliphatic carboxylic acids is 2. The Hall–Kier alpha value is -6.57. The highest BCUT2D eigenvalue weighted by molar-refractivity contribution is 6.00. The van der Waals surface area contributed by atoms with Crippen LogP contribution in [0.25, 0.3) is 0 Å². The first-order chi connectivity index (χ1) is 37.6. The van der Waals surface area contributed by atoms with Gasteiger partial charge in [-0.3, -0.25) is 14.4 Å². The third kappa shape index (κ3) is 20.1. The van der Waals surface area contributed by atoms with Crippen LogP contribution in [0.5, 0.6) is 17.2 Å². The van der Waals surface area contributed by atoms with Crippen molar-refractivity contribution in [3.05, 3.63) is 125 Å². The third-order valence-corrected chi connectivity index (χ3v) is 11.8. The lowest BCUT2D eigenvalue weighted by Gasteiger charge is -2.40. The quantitative estimate of drug-likeness (QED) is 0.0231. The third-order valence-electron chi connectivity index (χ3n) is 11.8. The molecule has 0 aromatic heterocycles. The summed E-state index contributed by atoms with van der Waals surface area (Å²) in [6.07, 6.45) is 7.16. The molecule has 4 aromatic rings. The highest BCUT2D eigenvalue weighted by Crippen LogP contribution is 2.62. The molecule has 0 heterocycles. The molecule has 4 rings (SSSR count). The molecule has 0 spiro atoms. The molecule has 81 heavy (non-hydrogen) atoms. The normalized spacial score (nSPS) is 12.9. The van der Waals surface area contributed by atoms with E-state index in [9.17, 15) is 95.2 Å². The van der Waals surface area contributed by atoms with Crippen LogP contribution >= 0.6 is 0 Å². The van der Waals surface area contributed by atoms with E-state index in [2.05, 4.69) is 6.92 Å². The van der Waals surface area contributed by atoms with Crippen molar-refractivity contribution in [3.8, 4) is 17.2 Å². The van der Waals surface area contributed by atoms with Gasteiger partial charge in [0.2, 0.25) is 0 Å². The molecule has 26 heteroatoms. The second kappa shape index (κ2) is 32.8. The molecule has 0 aliphatic heterocycles. The summed E-state index contributed by atoms with van der Waals surface area (Å²) in [7, 11) is 4.58. The molecule has 4 aromatic carbocycles. The van der Waals surface area contributed by atoms with Crippen LogP contribution < -0.4 is 14.2 Å². The summed E-state index contributed by atoms with van der Waals surface area (Å²) >= 11 is 0. The number of alkyl halides is 15. The summed E-state index contributed by atoms with van der Waals surface area (Å²) in [6.45, 7) is 2.26. The standard InChI is InChI=1S/C16H16O4.C16H32O2.C15H14O3.C8HF15O2/c1-19-13-8-12(9-14(10-13)20-2)16(18)15(17)11-6-4-3-5-7-11;1-2-3-4-5-6-7-8-9-10-11-12-13-14-15-16(17)18;1-18-13-9-5-8-12(10-13)15(17)14(16)11-6-3-2-4-7-11;9-2(10,1(24)25)3(11,12)4(13,14)5(15,16)6(17,18)7(19,20)8(21,22)23/h3-10,16,18H,1-2H3;2-15H2,1H3,(H,17,18);2-10,15,17H,1H3;(H,24,25). The number of methoxy groups -OCH3 is 3. The number of halogens is 15. The lowest BCUT2D eigenvalue weighted by atomic mass is 9.91. The summed E-state index contributed by atoms with van der Waals surface area (Å²) in [4.78, 5) is 44.3. The van der Waals surface area contributed by atoms with E-state index in [1.54, 1.807) is 98.1 Å². The van der Waals surface area contributed by atoms with Gasteiger partial charge in [-0.1, -0.05) is 157 Å². The molecule has 0 bridgehead atoms. The first-order valence-corrected chi connectivity index (χ1v) is 24.8. The number of ether oxygens (including phenoxy) is 3. The van der Waals surface area contributed by atoms with Crippen molar-refractivity contribution < 1.29 is 120 Å². The Kier molecular flexibility index (Phi) is 29.3. The second-order valence-electron chi connectivity index (χ2n) is 17.8. The van der Waals surface area contributed by atoms with Gasteiger partial charge in [0, 0.05) is 23.6 Å². The van der Waals surface area contributed by atoms with Crippen molar-refractivity contribution in [2.45, 2.75) is 151 Å².